The van der Waals surface area contributed by atoms with E-state index in [9.17, 15) is 0 Å². The lowest BCUT2D eigenvalue weighted by Gasteiger charge is -2.23. The average Bonchev–Trinajstić information content (AvgIpc) is 2.51. The van der Waals surface area contributed by atoms with Crippen molar-refractivity contribution >= 4 is 17.8 Å². The van der Waals surface area contributed by atoms with Crippen molar-refractivity contribution in [3.05, 3.63) is 90.0 Å². The van der Waals surface area contributed by atoms with Gasteiger partial charge < -0.3 is 0 Å². The Hall–Kier alpha value is -2.38. The first-order chi connectivity index (χ1) is 10.6. The molecular formula is C21H24N+. The van der Waals surface area contributed by atoms with E-state index in [1.807, 2.05) is 30.4 Å². The Bertz CT molecular complexity index is 653. The summed E-state index contributed by atoms with van der Waals surface area (Å²) in [7, 11) is 6.52. The highest BCUT2D eigenvalue weighted by Crippen LogP contribution is 2.17. The van der Waals surface area contributed by atoms with Crippen LogP contribution in [0, 0.1) is 0 Å². The van der Waals surface area contributed by atoms with E-state index in [4.69, 9.17) is 0 Å². The molecule has 0 aromatic heterocycles. The van der Waals surface area contributed by atoms with Gasteiger partial charge in [0.25, 0.3) is 0 Å². The van der Waals surface area contributed by atoms with Gasteiger partial charge >= 0.3 is 0 Å². The molecule has 22 heavy (non-hydrogen) atoms. The lowest BCUT2D eigenvalue weighted by Crippen LogP contribution is -2.34. The van der Waals surface area contributed by atoms with Gasteiger partial charge in [0.2, 0.25) is 0 Å². The molecule has 112 valence electrons. The second-order valence-corrected chi connectivity index (χ2v) is 6.12. The number of hydrogen-bond donors (Lipinski definition) is 0. The van der Waals surface area contributed by atoms with Crippen molar-refractivity contribution in [2.45, 2.75) is 0 Å². The van der Waals surface area contributed by atoms with E-state index in [1.165, 1.54) is 16.8 Å². The number of rotatable bonds is 5. The van der Waals surface area contributed by atoms with Gasteiger partial charge in [0.05, 0.1) is 21.1 Å². The predicted molar refractivity (Wildman–Crippen MR) is 99.7 cm³/mol. The van der Waals surface area contributed by atoms with Gasteiger partial charge in [0.1, 0.15) is 5.69 Å². The highest BCUT2D eigenvalue weighted by Gasteiger charge is 2.10. The fraction of sp³-hybridized carbons (Fsp3) is 0.143. The van der Waals surface area contributed by atoms with Crippen LogP contribution in [0.25, 0.3) is 12.2 Å². The molecule has 2 rings (SSSR count). The molecule has 0 heterocycles. The predicted octanol–water partition coefficient (Wildman–Crippen LogP) is 5.17. The quantitative estimate of drug-likeness (QED) is 0.526. The van der Waals surface area contributed by atoms with Crippen molar-refractivity contribution in [3.63, 3.8) is 0 Å². The Morgan fingerprint density at radius 3 is 1.59 bits per heavy atom. The molecule has 0 fully saturated rings. The summed E-state index contributed by atoms with van der Waals surface area (Å²) in [6, 6.07) is 19.0. The SMILES string of the molecule is C[N+](C)(C)c1ccc(/C=C/C=C/C=C/c2ccccc2)cc1. The zero-order valence-electron chi connectivity index (χ0n) is 13.6. The van der Waals surface area contributed by atoms with Crippen LogP contribution in [-0.4, -0.2) is 21.1 Å². The average molecular weight is 290 g/mol. The molecule has 1 heteroatoms. The van der Waals surface area contributed by atoms with Crippen LogP contribution in [0.15, 0.2) is 78.9 Å². The van der Waals surface area contributed by atoms with Gasteiger partial charge in [0.15, 0.2) is 0 Å². The van der Waals surface area contributed by atoms with E-state index in [2.05, 4.69) is 81.8 Å². The molecule has 0 saturated carbocycles. The molecule has 0 unspecified atom stereocenters. The molecule has 1 nitrogen and oxygen atoms in total. The van der Waals surface area contributed by atoms with Gasteiger partial charge in [0, 0.05) is 0 Å². The monoisotopic (exact) mass is 290 g/mol. The molecule has 0 atom stereocenters. The van der Waals surface area contributed by atoms with Crippen molar-refractivity contribution in [3.8, 4) is 0 Å². The van der Waals surface area contributed by atoms with Crippen LogP contribution in [0.2, 0.25) is 0 Å². The fourth-order valence-corrected chi connectivity index (χ4v) is 2.06. The largest absolute Gasteiger partial charge is 0.298 e. The maximum absolute atomic E-state index is 2.18. The van der Waals surface area contributed by atoms with E-state index < -0.39 is 0 Å². The lowest BCUT2D eigenvalue weighted by atomic mass is 10.1. The third-order valence-corrected chi connectivity index (χ3v) is 3.38. The molecule has 0 N–H and O–H groups in total. The molecule has 0 aliphatic heterocycles. The molecule has 2 aromatic rings. The summed E-state index contributed by atoms with van der Waals surface area (Å²) in [5.74, 6) is 0. The zero-order chi connectivity index (χ0) is 15.8. The number of hydrogen-bond acceptors (Lipinski definition) is 0. The van der Waals surface area contributed by atoms with E-state index in [-0.39, 0.29) is 0 Å². The molecular weight excluding hydrogens is 266 g/mol. The second kappa shape index (κ2) is 7.58. The minimum atomic E-state index is 0.841. The molecule has 0 aliphatic carbocycles. The van der Waals surface area contributed by atoms with Crippen molar-refractivity contribution in [1.82, 2.24) is 4.48 Å². The third kappa shape index (κ3) is 5.19. The van der Waals surface area contributed by atoms with Gasteiger partial charge in [-0.25, -0.2) is 0 Å². The lowest BCUT2D eigenvalue weighted by molar-refractivity contribution is 0.486. The van der Waals surface area contributed by atoms with Crippen molar-refractivity contribution in [2.75, 3.05) is 21.1 Å². The summed E-state index contributed by atoms with van der Waals surface area (Å²) in [6.45, 7) is 0. The molecule has 2 aromatic carbocycles. The minimum absolute atomic E-state index is 0.841. The first kappa shape index (κ1) is 16.0. The van der Waals surface area contributed by atoms with Gasteiger partial charge in [-0.2, -0.15) is 0 Å². The molecule has 0 radical (unpaired) electrons. The Labute approximate surface area is 134 Å². The molecule has 0 spiro atoms. The summed E-state index contributed by atoms with van der Waals surface area (Å²) in [4.78, 5) is 0. The summed E-state index contributed by atoms with van der Waals surface area (Å²) < 4.78 is 0.841. The summed E-state index contributed by atoms with van der Waals surface area (Å²) in [5.41, 5.74) is 3.74. The zero-order valence-corrected chi connectivity index (χ0v) is 13.6. The van der Waals surface area contributed by atoms with E-state index in [0.29, 0.717) is 0 Å². The second-order valence-electron chi connectivity index (χ2n) is 6.12. The first-order valence-corrected chi connectivity index (χ1v) is 7.54. The van der Waals surface area contributed by atoms with Gasteiger partial charge in [-0.05, 0) is 35.4 Å². The van der Waals surface area contributed by atoms with Gasteiger partial charge in [-0.1, -0.05) is 66.8 Å². The molecule has 0 aliphatic rings. The third-order valence-electron chi connectivity index (χ3n) is 3.38. The van der Waals surface area contributed by atoms with Gasteiger partial charge in [-0.15, -0.1) is 0 Å². The number of allylic oxidation sites excluding steroid dienone is 4. The Kier molecular flexibility index (Phi) is 5.51. The highest BCUT2D eigenvalue weighted by molar-refractivity contribution is 5.56. The van der Waals surface area contributed by atoms with E-state index in [0.717, 1.165) is 4.48 Å². The minimum Gasteiger partial charge on any atom is -0.298 e. The standard InChI is InChI=1S/C21H24N/c1-22(2,3)21-17-15-20(16-18-21)14-8-5-4-7-11-19-12-9-6-10-13-19/h4-18H,1-3H3/q+1/b5-4+,11-7+,14-8+. The Balaban J connectivity index is 1.90. The fourth-order valence-electron chi connectivity index (χ4n) is 2.06. The smallest absolute Gasteiger partial charge is 0.132 e. The maximum Gasteiger partial charge on any atom is 0.132 e. The van der Waals surface area contributed by atoms with Crippen LogP contribution in [0.5, 0.6) is 0 Å². The maximum atomic E-state index is 2.18. The Morgan fingerprint density at radius 1 is 0.591 bits per heavy atom. The van der Waals surface area contributed by atoms with Crippen LogP contribution in [0.4, 0.5) is 5.69 Å². The molecule has 0 saturated heterocycles. The summed E-state index contributed by atoms with van der Waals surface area (Å²) in [5, 5.41) is 0. The van der Waals surface area contributed by atoms with Gasteiger partial charge in [-0.3, -0.25) is 4.48 Å². The molecule has 0 bridgehead atoms. The number of quaternary nitrogens is 1. The Morgan fingerprint density at radius 2 is 1.09 bits per heavy atom. The van der Waals surface area contributed by atoms with Crippen molar-refractivity contribution in [2.24, 2.45) is 0 Å². The van der Waals surface area contributed by atoms with Crippen LogP contribution in [0.3, 0.4) is 0 Å². The van der Waals surface area contributed by atoms with Crippen molar-refractivity contribution < 1.29 is 0 Å². The highest BCUT2D eigenvalue weighted by atomic mass is 15.3. The van der Waals surface area contributed by atoms with Crippen LogP contribution < -0.4 is 4.48 Å². The van der Waals surface area contributed by atoms with E-state index >= 15 is 0 Å². The summed E-state index contributed by atoms with van der Waals surface area (Å²) in [6.07, 6.45) is 12.4. The van der Waals surface area contributed by atoms with E-state index in [1.54, 1.807) is 0 Å². The first-order valence-electron chi connectivity index (χ1n) is 7.54. The summed E-state index contributed by atoms with van der Waals surface area (Å²) >= 11 is 0. The normalized spacial score (nSPS) is 12.7. The number of nitrogens with zero attached hydrogens (tertiary/aromatic N) is 1. The van der Waals surface area contributed by atoms with Crippen LogP contribution in [-0.2, 0) is 0 Å². The topological polar surface area (TPSA) is 0 Å². The van der Waals surface area contributed by atoms with Crippen LogP contribution in [0.1, 0.15) is 11.1 Å². The van der Waals surface area contributed by atoms with Crippen LogP contribution >= 0.6 is 0 Å². The number of benzene rings is 2. The molecule has 0 amide bonds. The van der Waals surface area contributed by atoms with Crippen molar-refractivity contribution in [1.29, 1.82) is 0 Å².